The van der Waals surface area contributed by atoms with Crippen molar-refractivity contribution in [3.05, 3.63) is 29.3 Å². The van der Waals surface area contributed by atoms with Gasteiger partial charge in [0.2, 0.25) is 5.91 Å². The van der Waals surface area contributed by atoms with Crippen molar-refractivity contribution in [2.75, 3.05) is 24.7 Å². The van der Waals surface area contributed by atoms with E-state index in [1.165, 1.54) is 0 Å². The number of hydrogen-bond acceptors (Lipinski definition) is 5. The molecule has 6 heteroatoms. The molecule has 23 heavy (non-hydrogen) atoms. The standard InChI is InChI=1S/C17H21NO5/c1-4-22-16(20)12-9-15(19)18(10-12)14-8-6-7-13(11(14)3)17(21)23-5-2/h6-8,12H,4-5,9-10H2,1-3H3/t12-/m0/s1. The summed E-state index contributed by atoms with van der Waals surface area (Å²) < 4.78 is 10.0. The van der Waals surface area contributed by atoms with E-state index in [-0.39, 0.29) is 31.4 Å². The van der Waals surface area contributed by atoms with Crippen molar-refractivity contribution < 1.29 is 23.9 Å². The molecule has 1 aliphatic heterocycles. The lowest BCUT2D eigenvalue weighted by atomic mass is 10.1. The molecule has 124 valence electrons. The van der Waals surface area contributed by atoms with Crippen LogP contribution in [0.1, 0.15) is 36.2 Å². The highest BCUT2D eigenvalue weighted by Crippen LogP contribution is 2.30. The molecule has 0 saturated carbocycles. The average Bonchev–Trinajstić information content (AvgIpc) is 2.90. The van der Waals surface area contributed by atoms with Gasteiger partial charge in [-0.3, -0.25) is 9.59 Å². The molecule has 1 aliphatic rings. The minimum Gasteiger partial charge on any atom is -0.466 e. The minimum absolute atomic E-state index is 0.127. The molecule has 1 atom stereocenters. The number of rotatable bonds is 5. The van der Waals surface area contributed by atoms with E-state index in [1.807, 2.05) is 0 Å². The zero-order valence-corrected chi connectivity index (χ0v) is 13.6. The van der Waals surface area contributed by atoms with E-state index >= 15 is 0 Å². The third-order valence-electron chi connectivity index (χ3n) is 3.84. The molecule has 1 aromatic carbocycles. The summed E-state index contributed by atoms with van der Waals surface area (Å²) in [5.74, 6) is -1.39. The van der Waals surface area contributed by atoms with Crippen LogP contribution in [0.5, 0.6) is 0 Å². The molecule has 1 fully saturated rings. The van der Waals surface area contributed by atoms with Gasteiger partial charge >= 0.3 is 11.9 Å². The first kappa shape index (κ1) is 17.0. The molecule has 6 nitrogen and oxygen atoms in total. The number of amides is 1. The first-order valence-corrected chi connectivity index (χ1v) is 7.73. The van der Waals surface area contributed by atoms with Crippen molar-refractivity contribution in [3.8, 4) is 0 Å². The molecule has 1 aromatic rings. The molecule has 0 radical (unpaired) electrons. The third kappa shape index (κ3) is 3.52. The second kappa shape index (κ2) is 7.26. The number of hydrogen-bond donors (Lipinski definition) is 0. The predicted molar refractivity (Wildman–Crippen MR) is 84.2 cm³/mol. The summed E-state index contributed by atoms with van der Waals surface area (Å²) >= 11 is 0. The molecule has 0 aliphatic carbocycles. The van der Waals surface area contributed by atoms with Gasteiger partial charge in [0.25, 0.3) is 0 Å². The van der Waals surface area contributed by atoms with Crippen LogP contribution in [0.15, 0.2) is 18.2 Å². The smallest absolute Gasteiger partial charge is 0.338 e. The first-order valence-electron chi connectivity index (χ1n) is 7.73. The fourth-order valence-electron chi connectivity index (χ4n) is 2.70. The lowest BCUT2D eigenvalue weighted by Crippen LogP contribution is -2.27. The predicted octanol–water partition coefficient (Wildman–Crippen LogP) is 2.09. The van der Waals surface area contributed by atoms with Gasteiger partial charge in [0, 0.05) is 18.7 Å². The lowest BCUT2D eigenvalue weighted by molar-refractivity contribution is -0.147. The summed E-state index contributed by atoms with van der Waals surface area (Å²) in [5, 5.41) is 0. The molecule has 1 heterocycles. The van der Waals surface area contributed by atoms with Crippen LogP contribution in [0.3, 0.4) is 0 Å². The van der Waals surface area contributed by atoms with E-state index in [2.05, 4.69) is 0 Å². The van der Waals surface area contributed by atoms with E-state index in [0.29, 0.717) is 23.4 Å². The molecular weight excluding hydrogens is 298 g/mol. The van der Waals surface area contributed by atoms with Gasteiger partial charge in [-0.25, -0.2) is 4.79 Å². The second-order valence-electron chi connectivity index (χ2n) is 5.33. The summed E-state index contributed by atoms with van der Waals surface area (Å²) in [6, 6.07) is 5.14. The van der Waals surface area contributed by atoms with E-state index in [9.17, 15) is 14.4 Å². The van der Waals surface area contributed by atoms with Gasteiger partial charge in [-0.15, -0.1) is 0 Å². The van der Waals surface area contributed by atoms with Crippen molar-refractivity contribution >= 4 is 23.5 Å². The largest absolute Gasteiger partial charge is 0.466 e. The Morgan fingerprint density at radius 3 is 2.57 bits per heavy atom. The van der Waals surface area contributed by atoms with Crippen LogP contribution < -0.4 is 4.90 Å². The summed E-state index contributed by atoms with van der Waals surface area (Å²) in [5.41, 5.74) is 1.73. The highest BCUT2D eigenvalue weighted by molar-refractivity contribution is 6.02. The number of nitrogens with zero attached hydrogens (tertiary/aromatic N) is 1. The van der Waals surface area contributed by atoms with E-state index in [0.717, 1.165) is 0 Å². The van der Waals surface area contributed by atoms with Gasteiger partial charge < -0.3 is 14.4 Å². The maximum absolute atomic E-state index is 12.3. The number of carbonyl (C=O) groups is 3. The highest BCUT2D eigenvalue weighted by atomic mass is 16.5. The number of ether oxygens (including phenoxy) is 2. The minimum atomic E-state index is -0.465. The summed E-state index contributed by atoms with van der Waals surface area (Å²) in [6.07, 6.45) is 0.127. The quantitative estimate of drug-likeness (QED) is 0.777. The van der Waals surface area contributed by atoms with Crippen molar-refractivity contribution in [2.24, 2.45) is 5.92 Å². The zero-order valence-electron chi connectivity index (χ0n) is 13.6. The Hall–Kier alpha value is -2.37. The van der Waals surface area contributed by atoms with Crippen LogP contribution in [-0.4, -0.2) is 37.6 Å². The van der Waals surface area contributed by atoms with Crippen molar-refractivity contribution in [1.29, 1.82) is 0 Å². The van der Waals surface area contributed by atoms with Gasteiger partial charge in [-0.1, -0.05) is 6.07 Å². The summed E-state index contributed by atoms with van der Waals surface area (Å²) in [6.45, 7) is 6.10. The number of esters is 2. The lowest BCUT2D eigenvalue weighted by Gasteiger charge is -2.20. The zero-order chi connectivity index (χ0) is 17.0. The Morgan fingerprint density at radius 2 is 1.91 bits per heavy atom. The van der Waals surface area contributed by atoms with Crippen molar-refractivity contribution in [3.63, 3.8) is 0 Å². The monoisotopic (exact) mass is 319 g/mol. The van der Waals surface area contributed by atoms with Crippen molar-refractivity contribution in [1.82, 2.24) is 0 Å². The molecule has 0 bridgehead atoms. The molecule has 1 saturated heterocycles. The van der Waals surface area contributed by atoms with Crippen LogP contribution in [0.4, 0.5) is 5.69 Å². The Balaban J connectivity index is 2.25. The fraction of sp³-hybridized carbons (Fsp3) is 0.471. The van der Waals surface area contributed by atoms with Gasteiger partial charge in [0.1, 0.15) is 0 Å². The maximum Gasteiger partial charge on any atom is 0.338 e. The Labute approximate surface area is 135 Å². The van der Waals surface area contributed by atoms with Crippen LogP contribution in [0.2, 0.25) is 0 Å². The molecule has 0 unspecified atom stereocenters. The molecule has 0 N–H and O–H groups in total. The maximum atomic E-state index is 12.3. The summed E-state index contributed by atoms with van der Waals surface area (Å²) in [7, 11) is 0. The Kier molecular flexibility index (Phi) is 5.36. The van der Waals surface area contributed by atoms with Crippen LogP contribution in [0.25, 0.3) is 0 Å². The fourth-order valence-corrected chi connectivity index (χ4v) is 2.70. The number of anilines is 1. The van der Waals surface area contributed by atoms with Gasteiger partial charge in [-0.05, 0) is 38.5 Å². The van der Waals surface area contributed by atoms with Crippen LogP contribution >= 0.6 is 0 Å². The number of benzene rings is 1. The highest BCUT2D eigenvalue weighted by Gasteiger charge is 2.37. The van der Waals surface area contributed by atoms with E-state index < -0.39 is 11.9 Å². The molecule has 2 rings (SSSR count). The number of carbonyl (C=O) groups excluding carboxylic acids is 3. The molecular formula is C17H21NO5. The Bertz CT molecular complexity index is 625. The van der Waals surface area contributed by atoms with Gasteiger partial charge in [0.05, 0.1) is 24.7 Å². The van der Waals surface area contributed by atoms with E-state index in [1.54, 1.807) is 43.9 Å². The van der Waals surface area contributed by atoms with Gasteiger partial charge in [0.15, 0.2) is 0 Å². The molecule has 0 spiro atoms. The van der Waals surface area contributed by atoms with Crippen molar-refractivity contribution in [2.45, 2.75) is 27.2 Å². The van der Waals surface area contributed by atoms with Gasteiger partial charge in [-0.2, -0.15) is 0 Å². The van der Waals surface area contributed by atoms with Crippen LogP contribution in [-0.2, 0) is 19.1 Å². The molecule has 0 aromatic heterocycles. The third-order valence-corrected chi connectivity index (χ3v) is 3.84. The molecule has 1 amide bonds. The van der Waals surface area contributed by atoms with E-state index in [4.69, 9.17) is 9.47 Å². The normalized spacial score (nSPS) is 17.3. The average molecular weight is 319 g/mol. The topological polar surface area (TPSA) is 72.9 Å². The van der Waals surface area contributed by atoms with Crippen LogP contribution in [0, 0.1) is 12.8 Å². The summed E-state index contributed by atoms with van der Waals surface area (Å²) in [4.78, 5) is 37.6. The Morgan fingerprint density at radius 1 is 1.22 bits per heavy atom. The second-order valence-corrected chi connectivity index (χ2v) is 5.33. The SMILES string of the molecule is CCOC(=O)c1cccc(N2C[C@@H](C(=O)OCC)CC2=O)c1C. The first-order chi connectivity index (χ1) is 11.0.